The van der Waals surface area contributed by atoms with Crippen molar-refractivity contribution in [1.29, 1.82) is 0 Å². The molecular weight excluding hydrogens is 260 g/mol. The number of furan rings is 1. The topological polar surface area (TPSA) is 55.1 Å². The Morgan fingerprint density at radius 3 is 3.00 bits per heavy atom. The third-order valence-corrected chi connectivity index (χ3v) is 4.49. The van der Waals surface area contributed by atoms with Gasteiger partial charge in [-0.2, -0.15) is 0 Å². The van der Waals surface area contributed by atoms with E-state index in [0.717, 1.165) is 12.8 Å². The number of carbonyl (C=O) groups is 1. The molecular formula is C14H16N2O2S. The van der Waals surface area contributed by atoms with Gasteiger partial charge in [-0.05, 0) is 38.7 Å². The Kier molecular flexibility index (Phi) is 3.38. The lowest BCUT2D eigenvalue weighted by Gasteiger charge is -1.99. The molecule has 2 aromatic rings. The van der Waals surface area contributed by atoms with Crippen molar-refractivity contribution >= 4 is 22.4 Å². The summed E-state index contributed by atoms with van der Waals surface area (Å²) in [5.41, 5.74) is 1.74. The number of anilines is 1. The van der Waals surface area contributed by atoms with Crippen molar-refractivity contribution in [2.75, 3.05) is 5.32 Å². The first-order valence-electron chi connectivity index (χ1n) is 6.58. The molecule has 0 fully saturated rings. The van der Waals surface area contributed by atoms with Gasteiger partial charge in [0.2, 0.25) is 0 Å². The number of thiazole rings is 1. The third-order valence-electron chi connectivity index (χ3n) is 3.42. The molecule has 0 radical (unpaired) electrons. The molecule has 0 atom stereocenters. The van der Waals surface area contributed by atoms with E-state index in [0.29, 0.717) is 16.5 Å². The molecule has 1 N–H and O–H groups in total. The van der Waals surface area contributed by atoms with E-state index in [1.807, 2.05) is 0 Å². The fourth-order valence-electron chi connectivity index (χ4n) is 2.37. The fourth-order valence-corrected chi connectivity index (χ4v) is 3.41. The minimum Gasteiger partial charge on any atom is -0.469 e. The summed E-state index contributed by atoms with van der Waals surface area (Å²) >= 11 is 1.61. The molecule has 0 unspecified atom stereocenters. The predicted octanol–water partition coefficient (Wildman–Crippen LogP) is 3.57. The van der Waals surface area contributed by atoms with Crippen LogP contribution in [0, 0.1) is 6.92 Å². The van der Waals surface area contributed by atoms with E-state index < -0.39 is 0 Å². The average Bonchev–Trinajstić information content (AvgIpc) is 2.90. The minimum atomic E-state index is -0.143. The SMILES string of the molecule is Cc1occc1C(=O)Nc1nc2c(s1)CCCCC2. The highest BCUT2D eigenvalue weighted by Crippen LogP contribution is 2.29. The van der Waals surface area contributed by atoms with Crippen LogP contribution in [0.15, 0.2) is 16.7 Å². The number of aromatic nitrogens is 1. The monoisotopic (exact) mass is 276 g/mol. The number of carbonyl (C=O) groups excluding carboxylic acids is 1. The van der Waals surface area contributed by atoms with Gasteiger partial charge in [-0.3, -0.25) is 10.1 Å². The maximum atomic E-state index is 12.1. The molecule has 100 valence electrons. The molecule has 0 bridgehead atoms. The normalized spacial score (nSPS) is 14.8. The van der Waals surface area contributed by atoms with Crippen LogP contribution < -0.4 is 5.32 Å². The van der Waals surface area contributed by atoms with Gasteiger partial charge in [0.05, 0.1) is 17.5 Å². The van der Waals surface area contributed by atoms with Crippen LogP contribution in [0.25, 0.3) is 0 Å². The van der Waals surface area contributed by atoms with E-state index in [-0.39, 0.29) is 5.91 Å². The number of nitrogens with zero attached hydrogens (tertiary/aromatic N) is 1. The molecule has 1 aliphatic rings. The number of nitrogens with one attached hydrogen (secondary N) is 1. The Balaban J connectivity index is 1.77. The molecule has 2 heterocycles. The van der Waals surface area contributed by atoms with Crippen LogP contribution in [0.4, 0.5) is 5.13 Å². The van der Waals surface area contributed by atoms with Gasteiger partial charge in [0.25, 0.3) is 5.91 Å². The van der Waals surface area contributed by atoms with Crippen molar-refractivity contribution in [3.63, 3.8) is 0 Å². The first kappa shape index (κ1) is 12.4. The molecule has 0 aliphatic heterocycles. The summed E-state index contributed by atoms with van der Waals surface area (Å²) in [6.45, 7) is 1.78. The zero-order chi connectivity index (χ0) is 13.2. The van der Waals surface area contributed by atoms with Crippen LogP contribution >= 0.6 is 11.3 Å². The predicted molar refractivity (Wildman–Crippen MR) is 74.8 cm³/mol. The third kappa shape index (κ3) is 2.56. The first-order chi connectivity index (χ1) is 9.24. The van der Waals surface area contributed by atoms with Crippen LogP contribution in [-0.2, 0) is 12.8 Å². The van der Waals surface area contributed by atoms with Crippen molar-refractivity contribution in [3.05, 3.63) is 34.2 Å². The Hall–Kier alpha value is -1.62. The summed E-state index contributed by atoms with van der Waals surface area (Å²) in [6.07, 6.45) is 7.36. The van der Waals surface area contributed by atoms with Crippen LogP contribution in [0.2, 0.25) is 0 Å². The zero-order valence-corrected chi connectivity index (χ0v) is 11.7. The smallest absolute Gasteiger partial charge is 0.260 e. The zero-order valence-electron chi connectivity index (χ0n) is 10.9. The number of hydrogen-bond acceptors (Lipinski definition) is 4. The lowest BCUT2D eigenvalue weighted by atomic mass is 10.2. The highest BCUT2D eigenvalue weighted by Gasteiger charge is 2.17. The van der Waals surface area contributed by atoms with Gasteiger partial charge in [-0.15, -0.1) is 11.3 Å². The van der Waals surface area contributed by atoms with Gasteiger partial charge in [0.15, 0.2) is 5.13 Å². The summed E-state index contributed by atoms with van der Waals surface area (Å²) < 4.78 is 5.14. The van der Waals surface area contributed by atoms with Crippen molar-refractivity contribution in [2.45, 2.75) is 39.0 Å². The standard InChI is InChI=1S/C14H16N2O2S/c1-9-10(7-8-18-9)13(17)16-14-15-11-5-3-2-4-6-12(11)19-14/h7-8H,2-6H2,1H3,(H,15,16,17). The summed E-state index contributed by atoms with van der Waals surface area (Å²) in [5, 5.41) is 3.58. The summed E-state index contributed by atoms with van der Waals surface area (Å²) in [5.74, 6) is 0.491. The summed E-state index contributed by atoms with van der Waals surface area (Å²) in [6, 6.07) is 1.68. The second-order valence-corrected chi connectivity index (χ2v) is 5.88. The number of hydrogen-bond donors (Lipinski definition) is 1. The van der Waals surface area contributed by atoms with E-state index in [2.05, 4.69) is 10.3 Å². The summed E-state index contributed by atoms with van der Waals surface area (Å²) in [7, 11) is 0. The maximum Gasteiger partial charge on any atom is 0.260 e. The molecule has 1 aliphatic carbocycles. The molecule has 2 aromatic heterocycles. The number of aryl methyl sites for hydroxylation is 3. The van der Waals surface area contributed by atoms with Crippen LogP contribution in [0.1, 0.15) is 46.0 Å². The quantitative estimate of drug-likeness (QED) is 0.853. The molecule has 0 saturated carbocycles. The van der Waals surface area contributed by atoms with Gasteiger partial charge < -0.3 is 4.42 Å². The molecule has 19 heavy (non-hydrogen) atoms. The summed E-state index contributed by atoms with van der Waals surface area (Å²) in [4.78, 5) is 17.9. The number of amides is 1. The lowest BCUT2D eigenvalue weighted by Crippen LogP contribution is -2.11. The molecule has 4 nitrogen and oxygen atoms in total. The minimum absolute atomic E-state index is 0.143. The van der Waals surface area contributed by atoms with E-state index in [4.69, 9.17) is 4.42 Å². The van der Waals surface area contributed by atoms with Crippen molar-refractivity contribution < 1.29 is 9.21 Å². The number of fused-ring (bicyclic) bond motifs is 1. The fraction of sp³-hybridized carbons (Fsp3) is 0.429. The van der Waals surface area contributed by atoms with Gasteiger partial charge in [0, 0.05) is 4.88 Å². The van der Waals surface area contributed by atoms with E-state index in [9.17, 15) is 4.79 Å². The highest BCUT2D eigenvalue weighted by molar-refractivity contribution is 7.15. The van der Waals surface area contributed by atoms with Crippen LogP contribution in [-0.4, -0.2) is 10.9 Å². The molecule has 0 saturated heterocycles. The molecule has 3 rings (SSSR count). The average molecular weight is 276 g/mol. The Morgan fingerprint density at radius 2 is 2.21 bits per heavy atom. The van der Waals surface area contributed by atoms with Crippen molar-refractivity contribution in [3.8, 4) is 0 Å². The Bertz CT molecular complexity index is 577. The van der Waals surface area contributed by atoms with Gasteiger partial charge in [-0.25, -0.2) is 4.98 Å². The highest BCUT2D eigenvalue weighted by atomic mass is 32.1. The first-order valence-corrected chi connectivity index (χ1v) is 7.40. The molecule has 0 aromatic carbocycles. The number of rotatable bonds is 2. The van der Waals surface area contributed by atoms with E-state index in [1.54, 1.807) is 24.3 Å². The Morgan fingerprint density at radius 1 is 1.37 bits per heavy atom. The van der Waals surface area contributed by atoms with Gasteiger partial charge in [-0.1, -0.05) is 6.42 Å². The molecule has 1 amide bonds. The second-order valence-electron chi connectivity index (χ2n) is 4.79. The largest absolute Gasteiger partial charge is 0.469 e. The lowest BCUT2D eigenvalue weighted by molar-refractivity contribution is 0.102. The van der Waals surface area contributed by atoms with Crippen LogP contribution in [0.3, 0.4) is 0 Å². The van der Waals surface area contributed by atoms with Gasteiger partial charge in [0.1, 0.15) is 5.76 Å². The van der Waals surface area contributed by atoms with Gasteiger partial charge >= 0.3 is 0 Å². The second kappa shape index (κ2) is 5.17. The maximum absolute atomic E-state index is 12.1. The molecule has 5 heteroatoms. The van der Waals surface area contributed by atoms with E-state index >= 15 is 0 Å². The Labute approximate surface area is 115 Å². The van der Waals surface area contributed by atoms with Crippen LogP contribution in [0.5, 0.6) is 0 Å². The molecule has 0 spiro atoms. The van der Waals surface area contributed by atoms with Crippen molar-refractivity contribution in [2.24, 2.45) is 0 Å². The van der Waals surface area contributed by atoms with E-state index in [1.165, 1.54) is 36.1 Å². The van der Waals surface area contributed by atoms with Crippen molar-refractivity contribution in [1.82, 2.24) is 4.98 Å².